The van der Waals surface area contributed by atoms with Crippen LogP contribution in [0.3, 0.4) is 0 Å². The summed E-state index contributed by atoms with van der Waals surface area (Å²) >= 11 is -4.29. The Morgan fingerprint density at radius 2 is 1.11 bits per heavy atom. The van der Waals surface area contributed by atoms with E-state index in [9.17, 15) is 0 Å². The molecule has 0 atom stereocenters. The summed E-state index contributed by atoms with van der Waals surface area (Å²) in [4.78, 5) is 0. The van der Waals surface area contributed by atoms with E-state index in [-0.39, 0.29) is 154 Å². The van der Waals surface area contributed by atoms with Crippen LogP contribution in [0.1, 0.15) is 0 Å². The first-order chi connectivity index (χ1) is 2.73. The van der Waals surface area contributed by atoms with Crippen molar-refractivity contribution in [2.45, 2.75) is 0 Å². The molecule has 0 aliphatic carbocycles. The Kier molecular flexibility index (Phi) is 95.0. The van der Waals surface area contributed by atoms with E-state index in [1.807, 2.05) is 0 Å². The molecular formula is CK3NO3Sn. The van der Waals surface area contributed by atoms with E-state index in [1.54, 1.807) is 0 Å². The van der Waals surface area contributed by atoms with Crippen LogP contribution in [0.25, 0.3) is 0 Å². The van der Waals surface area contributed by atoms with E-state index in [0.717, 1.165) is 0 Å². The molecule has 0 N–H and O–H groups in total. The van der Waals surface area contributed by atoms with Gasteiger partial charge in [0.25, 0.3) is 0 Å². The Balaban J connectivity index is -0.00000000990. The molecule has 4 nitrogen and oxygen atoms in total. The summed E-state index contributed by atoms with van der Waals surface area (Å²) in [5.74, 6) is 0. The van der Waals surface area contributed by atoms with Gasteiger partial charge in [0.15, 0.2) is 0 Å². The monoisotopic (exact) mass is 311 g/mol. The summed E-state index contributed by atoms with van der Waals surface area (Å²) < 4.78 is 25.8. The van der Waals surface area contributed by atoms with Crippen LogP contribution in [0.5, 0.6) is 0 Å². The molecular weight excluding hydrogens is 310 g/mol. The molecule has 0 fully saturated rings. The molecule has 0 heterocycles. The Morgan fingerprint density at radius 3 is 1.11 bits per heavy atom. The van der Waals surface area contributed by atoms with Gasteiger partial charge in [-0.2, -0.15) is 0 Å². The summed E-state index contributed by atoms with van der Waals surface area (Å²) in [6.45, 7) is 4.75. The van der Waals surface area contributed by atoms with Crippen LogP contribution in [0.15, 0.2) is 0 Å². The summed E-state index contributed by atoms with van der Waals surface area (Å²) in [7, 11) is 0. The van der Waals surface area contributed by atoms with Gasteiger partial charge >= 0.3 is 185 Å². The number of rotatable bonds is 0. The Bertz CT molecular complexity index is 63.3. The Hall–Kier alpha value is 4.92. The quantitative estimate of drug-likeness (QED) is 0.328. The zero-order chi connectivity index (χ0) is 5.58. The third-order valence-corrected chi connectivity index (χ3v) is 0. The van der Waals surface area contributed by atoms with Crippen LogP contribution >= 0.6 is 0 Å². The summed E-state index contributed by atoms with van der Waals surface area (Å²) in [5, 5.41) is 6.25. The van der Waals surface area contributed by atoms with Gasteiger partial charge in [0.05, 0.1) is 0 Å². The van der Waals surface area contributed by atoms with Crippen LogP contribution in [0.4, 0.5) is 0 Å². The number of hydrogen-bond donors (Lipinski definition) is 0. The van der Waals surface area contributed by atoms with Crippen molar-refractivity contribution in [3.05, 3.63) is 6.57 Å². The molecule has 0 aliphatic heterocycles. The van der Waals surface area contributed by atoms with Gasteiger partial charge < -0.3 is 11.8 Å². The molecule has 34 valence electrons. The second kappa shape index (κ2) is 29.3. The van der Waals surface area contributed by atoms with Crippen molar-refractivity contribution in [1.29, 1.82) is 5.26 Å². The van der Waals surface area contributed by atoms with Gasteiger partial charge in [-0.25, -0.2) is 0 Å². The minimum absolute atomic E-state index is 0. The normalized spacial score (nSPS) is 3.11. The molecule has 0 saturated heterocycles. The Labute approximate surface area is 190 Å². The summed E-state index contributed by atoms with van der Waals surface area (Å²) in [6.07, 6.45) is 0. The zero-order valence-corrected chi connectivity index (χ0v) is 17.9. The molecule has 0 aromatic rings. The second-order valence-electron chi connectivity index (χ2n) is 0.250. The van der Waals surface area contributed by atoms with E-state index in [4.69, 9.17) is 21.8 Å². The fraction of sp³-hybridized carbons (Fsp3) is 0. The molecule has 0 aromatic heterocycles. The Morgan fingerprint density at radius 1 is 1.11 bits per heavy atom. The predicted molar refractivity (Wildman–Crippen MR) is 11.4 cm³/mol. The van der Waals surface area contributed by atoms with Crippen LogP contribution in [-0.2, 0) is 3.08 Å². The van der Waals surface area contributed by atoms with Gasteiger partial charge in [0, 0.05) is 0 Å². The molecule has 0 amide bonds. The predicted octanol–water partition coefficient (Wildman–Crippen LogP) is -11.8. The van der Waals surface area contributed by atoms with Crippen molar-refractivity contribution < 1.29 is 164 Å². The van der Waals surface area contributed by atoms with Crippen molar-refractivity contribution >= 4 is 20.6 Å². The van der Waals surface area contributed by atoms with Crippen LogP contribution in [0, 0.1) is 11.8 Å². The average molecular weight is 310 g/mol. The van der Waals surface area contributed by atoms with Crippen molar-refractivity contribution in [2.75, 3.05) is 0 Å². The molecule has 0 aliphatic rings. The molecule has 9 heavy (non-hydrogen) atoms. The van der Waals surface area contributed by atoms with E-state index in [2.05, 4.69) is 0 Å². The molecule has 0 aromatic carbocycles. The van der Waals surface area contributed by atoms with Crippen molar-refractivity contribution in [1.82, 2.24) is 0 Å². The van der Waals surface area contributed by atoms with Crippen molar-refractivity contribution in [2.24, 2.45) is 0 Å². The first kappa shape index (κ1) is 29.2. The second-order valence-corrected chi connectivity index (χ2v) is 1.68. The van der Waals surface area contributed by atoms with E-state index >= 15 is 0 Å². The SMILES string of the molecule is [C-]#N.[K+].[K+].[K+].[O]=[Sn]([O-])[O-]. The fourth-order valence-electron chi connectivity index (χ4n) is 0. The van der Waals surface area contributed by atoms with Gasteiger partial charge in [-0.1, -0.05) is 0 Å². The first-order valence-electron chi connectivity index (χ1n) is 0.836. The van der Waals surface area contributed by atoms with Crippen LogP contribution < -0.4 is 161 Å². The molecule has 0 rings (SSSR count). The third-order valence-electron chi connectivity index (χ3n) is 0. The fourth-order valence-corrected chi connectivity index (χ4v) is 0. The van der Waals surface area contributed by atoms with Gasteiger partial charge in [0.2, 0.25) is 0 Å². The summed E-state index contributed by atoms with van der Waals surface area (Å²) in [5.41, 5.74) is 0. The summed E-state index contributed by atoms with van der Waals surface area (Å²) in [6, 6.07) is 0. The van der Waals surface area contributed by atoms with Gasteiger partial charge in [-0.05, 0) is 0 Å². The average Bonchev–Trinajstić information content (AvgIpc) is 1.41. The molecule has 0 saturated carbocycles. The zero-order valence-electron chi connectivity index (χ0n) is 5.67. The maximum atomic E-state index is 8.61. The van der Waals surface area contributed by atoms with Crippen molar-refractivity contribution in [3.63, 3.8) is 0 Å². The standard InChI is InChI=1S/CN.3K.3O.Sn/c1-2;;;;;;;/q-1;3*+1;;2*-1;. The van der Waals surface area contributed by atoms with E-state index in [1.165, 1.54) is 0 Å². The molecule has 0 bridgehead atoms. The molecule has 8 heteroatoms. The van der Waals surface area contributed by atoms with Gasteiger partial charge in [-0.15, -0.1) is 0 Å². The minimum atomic E-state index is -4.29. The topological polar surface area (TPSA) is 87.0 Å². The van der Waals surface area contributed by atoms with Gasteiger partial charge in [-0.3, -0.25) is 0 Å². The van der Waals surface area contributed by atoms with E-state index < -0.39 is 20.6 Å². The maximum absolute atomic E-state index is 8.61. The third kappa shape index (κ3) is 63.7. The van der Waals surface area contributed by atoms with Crippen molar-refractivity contribution in [3.8, 4) is 0 Å². The van der Waals surface area contributed by atoms with Crippen LogP contribution in [-0.4, -0.2) is 20.6 Å². The molecule has 0 spiro atoms. The number of nitrogens with zero attached hydrogens (tertiary/aromatic N) is 1. The van der Waals surface area contributed by atoms with E-state index in [0.29, 0.717) is 0 Å². The number of hydrogen-bond acceptors (Lipinski definition) is 4. The van der Waals surface area contributed by atoms with Crippen LogP contribution in [0.2, 0.25) is 0 Å². The van der Waals surface area contributed by atoms with Gasteiger partial charge in [0.1, 0.15) is 0 Å². The molecule has 0 unspecified atom stereocenters. The molecule has 0 radical (unpaired) electrons. The first-order valence-corrected chi connectivity index (χ1v) is 4.33.